The van der Waals surface area contributed by atoms with Gasteiger partial charge >= 0.3 is 5.97 Å². The van der Waals surface area contributed by atoms with Crippen LogP contribution in [-0.2, 0) is 9.53 Å². The van der Waals surface area contributed by atoms with E-state index in [2.05, 4.69) is 19.1 Å². The van der Waals surface area contributed by atoms with Crippen LogP contribution in [0.3, 0.4) is 0 Å². The second-order valence-electron chi connectivity index (χ2n) is 5.63. The minimum Gasteiger partial charge on any atom is -0.479 e. The number of ether oxygens (including phenoxy) is 1. The Balaban J connectivity index is 3.26. The van der Waals surface area contributed by atoms with Crippen LogP contribution in [-0.4, -0.2) is 23.8 Å². The van der Waals surface area contributed by atoms with Crippen molar-refractivity contribution in [2.45, 2.75) is 90.6 Å². The van der Waals surface area contributed by atoms with Crippen LogP contribution in [0.15, 0.2) is 12.2 Å². The molecule has 0 saturated heterocycles. The van der Waals surface area contributed by atoms with Gasteiger partial charge in [-0.15, -0.1) is 0 Å². The summed E-state index contributed by atoms with van der Waals surface area (Å²) in [6.45, 7) is 4.65. The largest absolute Gasteiger partial charge is 0.479 e. The fourth-order valence-electron chi connectivity index (χ4n) is 2.23. The summed E-state index contributed by atoms with van der Waals surface area (Å²) in [5.41, 5.74) is 0. The summed E-state index contributed by atoms with van der Waals surface area (Å²) < 4.78 is 5.33. The Morgan fingerprint density at radius 3 is 2.05 bits per heavy atom. The number of carbonyl (C=O) groups is 1. The van der Waals surface area contributed by atoms with Gasteiger partial charge in [-0.25, -0.2) is 4.79 Å². The number of carboxylic acids is 1. The molecule has 3 nitrogen and oxygen atoms in total. The average molecular weight is 298 g/mol. The summed E-state index contributed by atoms with van der Waals surface area (Å²) in [5, 5.41) is 8.83. The molecule has 0 spiro atoms. The molecule has 0 saturated carbocycles. The molecule has 0 bridgehead atoms. The van der Waals surface area contributed by atoms with Gasteiger partial charge in [0.2, 0.25) is 0 Å². The molecule has 1 unspecified atom stereocenters. The molecule has 0 aromatic carbocycles. The first-order valence-corrected chi connectivity index (χ1v) is 8.71. The smallest absolute Gasteiger partial charge is 0.332 e. The van der Waals surface area contributed by atoms with E-state index >= 15 is 0 Å². The minimum atomic E-state index is -0.848. The van der Waals surface area contributed by atoms with Crippen LogP contribution in [0.25, 0.3) is 0 Å². The number of hydrogen-bond acceptors (Lipinski definition) is 2. The summed E-state index contributed by atoms with van der Waals surface area (Å²) in [5.74, 6) is -0.848. The van der Waals surface area contributed by atoms with Crippen LogP contribution in [0, 0.1) is 0 Å². The van der Waals surface area contributed by atoms with Crippen molar-refractivity contribution in [2.75, 3.05) is 6.61 Å². The molecule has 0 fully saturated rings. The fourth-order valence-corrected chi connectivity index (χ4v) is 2.23. The second kappa shape index (κ2) is 15.6. The maximum atomic E-state index is 10.7. The average Bonchev–Trinajstić information content (AvgIpc) is 2.47. The van der Waals surface area contributed by atoms with E-state index < -0.39 is 12.1 Å². The van der Waals surface area contributed by atoms with E-state index in [-0.39, 0.29) is 0 Å². The molecule has 3 heteroatoms. The molecule has 0 radical (unpaired) electrons. The Labute approximate surface area is 130 Å². The van der Waals surface area contributed by atoms with E-state index in [1.165, 1.54) is 44.9 Å². The predicted octanol–water partition coefficient (Wildman–Crippen LogP) is 5.34. The summed E-state index contributed by atoms with van der Waals surface area (Å²) in [4.78, 5) is 10.7. The maximum absolute atomic E-state index is 10.7. The fraction of sp³-hybridized carbons (Fsp3) is 0.833. The highest BCUT2D eigenvalue weighted by Crippen LogP contribution is 2.07. The Kier molecular flexibility index (Phi) is 14.9. The highest BCUT2D eigenvalue weighted by Gasteiger charge is 2.14. The summed E-state index contributed by atoms with van der Waals surface area (Å²) in [7, 11) is 0. The van der Waals surface area contributed by atoms with E-state index in [0.29, 0.717) is 13.0 Å². The standard InChI is InChI=1S/C18H34O3/c1-3-5-6-7-8-9-10-11-12-13-14-15-16-21-17(4-2)18(19)20/h10-11,17H,3-9,12-16H2,1-2H3,(H,19,20)/b11-10-. The highest BCUT2D eigenvalue weighted by atomic mass is 16.5. The lowest BCUT2D eigenvalue weighted by Gasteiger charge is -2.10. The Morgan fingerprint density at radius 2 is 1.52 bits per heavy atom. The van der Waals surface area contributed by atoms with Crippen LogP contribution in [0.2, 0.25) is 0 Å². The summed E-state index contributed by atoms with van der Waals surface area (Å²) in [6, 6.07) is 0. The molecule has 0 amide bonds. The van der Waals surface area contributed by atoms with E-state index in [9.17, 15) is 4.79 Å². The zero-order valence-electron chi connectivity index (χ0n) is 14.0. The second-order valence-corrected chi connectivity index (χ2v) is 5.63. The van der Waals surface area contributed by atoms with Gasteiger partial charge in [-0.2, -0.15) is 0 Å². The third kappa shape index (κ3) is 13.9. The first-order chi connectivity index (χ1) is 10.2. The number of carboxylic acid groups (broad SMARTS) is 1. The van der Waals surface area contributed by atoms with Crippen LogP contribution < -0.4 is 0 Å². The van der Waals surface area contributed by atoms with Crippen LogP contribution in [0.5, 0.6) is 0 Å². The molecule has 0 aromatic rings. The van der Waals surface area contributed by atoms with Gasteiger partial charge in [0.1, 0.15) is 0 Å². The molecular formula is C18H34O3. The number of unbranched alkanes of at least 4 members (excludes halogenated alkanes) is 8. The Bertz CT molecular complexity index is 261. The molecular weight excluding hydrogens is 264 g/mol. The van der Waals surface area contributed by atoms with Gasteiger partial charge in [0.15, 0.2) is 6.10 Å². The van der Waals surface area contributed by atoms with Crippen LogP contribution in [0.4, 0.5) is 0 Å². The maximum Gasteiger partial charge on any atom is 0.332 e. The van der Waals surface area contributed by atoms with Crippen LogP contribution in [0.1, 0.15) is 84.5 Å². The molecule has 0 aromatic heterocycles. The predicted molar refractivity (Wildman–Crippen MR) is 88.7 cm³/mol. The van der Waals surface area contributed by atoms with E-state index in [1.807, 2.05) is 6.92 Å². The zero-order chi connectivity index (χ0) is 15.8. The molecule has 1 N–H and O–H groups in total. The number of aliphatic carboxylic acids is 1. The van der Waals surface area contributed by atoms with Gasteiger partial charge in [-0.3, -0.25) is 0 Å². The van der Waals surface area contributed by atoms with Crippen molar-refractivity contribution < 1.29 is 14.6 Å². The number of rotatable bonds is 15. The van der Waals surface area contributed by atoms with Gasteiger partial charge in [0.05, 0.1) is 0 Å². The highest BCUT2D eigenvalue weighted by molar-refractivity contribution is 5.72. The molecule has 0 heterocycles. The first-order valence-electron chi connectivity index (χ1n) is 8.71. The van der Waals surface area contributed by atoms with Crippen molar-refractivity contribution in [2.24, 2.45) is 0 Å². The molecule has 0 aliphatic rings. The molecule has 124 valence electrons. The lowest BCUT2D eigenvalue weighted by Crippen LogP contribution is -2.23. The van der Waals surface area contributed by atoms with E-state index in [0.717, 1.165) is 19.3 Å². The van der Waals surface area contributed by atoms with E-state index in [1.54, 1.807) is 0 Å². The minimum absolute atomic E-state index is 0.538. The number of allylic oxidation sites excluding steroid dienone is 2. The lowest BCUT2D eigenvalue weighted by molar-refractivity contribution is -0.150. The molecule has 0 rings (SSSR count). The molecule has 0 aliphatic carbocycles. The summed E-state index contributed by atoms with van der Waals surface area (Å²) >= 11 is 0. The van der Waals surface area contributed by atoms with Gasteiger partial charge < -0.3 is 9.84 Å². The number of hydrogen-bond donors (Lipinski definition) is 1. The first kappa shape index (κ1) is 20.2. The van der Waals surface area contributed by atoms with Crippen molar-refractivity contribution in [3.8, 4) is 0 Å². The van der Waals surface area contributed by atoms with Gasteiger partial charge in [-0.05, 0) is 38.5 Å². The van der Waals surface area contributed by atoms with Crippen molar-refractivity contribution in [3.05, 3.63) is 12.2 Å². The van der Waals surface area contributed by atoms with Gasteiger partial charge in [-0.1, -0.05) is 58.1 Å². The Morgan fingerprint density at radius 1 is 0.952 bits per heavy atom. The topological polar surface area (TPSA) is 46.5 Å². The van der Waals surface area contributed by atoms with Crippen molar-refractivity contribution in [1.82, 2.24) is 0 Å². The zero-order valence-corrected chi connectivity index (χ0v) is 14.0. The monoisotopic (exact) mass is 298 g/mol. The van der Waals surface area contributed by atoms with Gasteiger partial charge in [0.25, 0.3) is 0 Å². The third-order valence-corrected chi connectivity index (χ3v) is 3.62. The van der Waals surface area contributed by atoms with Crippen molar-refractivity contribution in [1.29, 1.82) is 0 Å². The third-order valence-electron chi connectivity index (χ3n) is 3.62. The lowest BCUT2D eigenvalue weighted by atomic mass is 10.1. The molecule has 1 atom stereocenters. The van der Waals surface area contributed by atoms with Gasteiger partial charge in [0, 0.05) is 6.61 Å². The van der Waals surface area contributed by atoms with Crippen molar-refractivity contribution >= 4 is 5.97 Å². The Hall–Kier alpha value is -0.830. The van der Waals surface area contributed by atoms with Crippen molar-refractivity contribution in [3.63, 3.8) is 0 Å². The molecule has 21 heavy (non-hydrogen) atoms. The quantitative estimate of drug-likeness (QED) is 0.328. The normalized spacial score (nSPS) is 12.9. The van der Waals surface area contributed by atoms with Crippen LogP contribution >= 0.6 is 0 Å². The SMILES string of the molecule is CCCCCCC/C=C\CCCCCOC(CC)C(=O)O. The summed E-state index contributed by atoms with van der Waals surface area (Å²) in [6.07, 6.45) is 16.8. The van der Waals surface area contributed by atoms with E-state index in [4.69, 9.17) is 9.84 Å². The molecule has 0 aliphatic heterocycles.